The van der Waals surface area contributed by atoms with Crippen LogP contribution in [0.1, 0.15) is 52.3 Å². The second kappa shape index (κ2) is 5.52. The van der Waals surface area contributed by atoms with Crippen molar-refractivity contribution in [1.82, 2.24) is 5.16 Å². The lowest BCUT2D eigenvalue weighted by atomic mass is 9.95. The van der Waals surface area contributed by atoms with Gasteiger partial charge >= 0.3 is 5.97 Å². The molecule has 2 rings (SSSR count). The summed E-state index contributed by atoms with van der Waals surface area (Å²) in [5.74, 6) is 0.123. The lowest BCUT2D eigenvalue weighted by Crippen LogP contribution is -2.08. The molecule has 114 valence electrons. The standard InChI is InChI=1S/C15H19NO4S/c1-8-10(9(2)20-16-8)7-19-11-6-12(15(3,4)5)21-13(11)14(17)18/h6H,7H2,1-5H3,(H,17,18). The first-order valence-electron chi connectivity index (χ1n) is 6.62. The Bertz CT molecular complexity index is 644. The first kappa shape index (κ1) is 15.6. The van der Waals surface area contributed by atoms with E-state index in [0.29, 0.717) is 11.5 Å². The Hall–Kier alpha value is -1.82. The molecular weight excluding hydrogens is 290 g/mol. The van der Waals surface area contributed by atoms with Crippen LogP contribution in [0.3, 0.4) is 0 Å². The Morgan fingerprint density at radius 2 is 2.10 bits per heavy atom. The molecule has 2 aromatic heterocycles. The minimum absolute atomic E-state index is 0.112. The third-order valence-electron chi connectivity index (χ3n) is 3.18. The van der Waals surface area contributed by atoms with E-state index in [1.165, 1.54) is 11.3 Å². The van der Waals surface area contributed by atoms with Crippen LogP contribution in [0.2, 0.25) is 0 Å². The Morgan fingerprint density at radius 1 is 1.43 bits per heavy atom. The number of nitrogens with zero attached hydrogens (tertiary/aromatic N) is 1. The minimum atomic E-state index is -0.968. The molecule has 0 aliphatic heterocycles. The molecule has 0 bridgehead atoms. The van der Waals surface area contributed by atoms with Crippen LogP contribution in [-0.4, -0.2) is 16.2 Å². The van der Waals surface area contributed by atoms with Crippen LogP contribution in [0.25, 0.3) is 0 Å². The van der Waals surface area contributed by atoms with Crippen LogP contribution in [0.15, 0.2) is 10.6 Å². The molecule has 0 fully saturated rings. The predicted octanol–water partition coefficient (Wildman–Crippen LogP) is 3.93. The zero-order chi connectivity index (χ0) is 15.8. The summed E-state index contributed by atoms with van der Waals surface area (Å²) >= 11 is 1.26. The van der Waals surface area contributed by atoms with Gasteiger partial charge in [-0.25, -0.2) is 4.79 Å². The molecule has 5 nitrogen and oxygen atoms in total. The van der Waals surface area contributed by atoms with Gasteiger partial charge in [-0.15, -0.1) is 11.3 Å². The molecule has 2 aromatic rings. The highest BCUT2D eigenvalue weighted by atomic mass is 32.1. The van der Waals surface area contributed by atoms with Gasteiger partial charge in [-0.1, -0.05) is 25.9 Å². The van der Waals surface area contributed by atoms with E-state index in [9.17, 15) is 9.90 Å². The molecule has 0 spiro atoms. The maximum absolute atomic E-state index is 11.4. The highest BCUT2D eigenvalue weighted by molar-refractivity contribution is 7.14. The number of carboxylic acids is 1. The molecule has 1 N–H and O–H groups in total. The van der Waals surface area contributed by atoms with Crippen LogP contribution in [0, 0.1) is 13.8 Å². The number of hydrogen-bond donors (Lipinski definition) is 1. The topological polar surface area (TPSA) is 72.6 Å². The first-order valence-corrected chi connectivity index (χ1v) is 7.44. The number of rotatable bonds is 4. The van der Waals surface area contributed by atoms with Crippen LogP contribution in [0.5, 0.6) is 5.75 Å². The second-order valence-electron chi connectivity index (χ2n) is 5.95. The fourth-order valence-corrected chi connectivity index (χ4v) is 2.86. The number of aromatic carboxylic acids is 1. The average Bonchev–Trinajstić information content (AvgIpc) is 2.92. The van der Waals surface area contributed by atoms with E-state index >= 15 is 0 Å². The number of thiophene rings is 1. The van der Waals surface area contributed by atoms with Gasteiger partial charge in [0.1, 0.15) is 18.1 Å². The van der Waals surface area contributed by atoms with Gasteiger partial charge in [0.25, 0.3) is 0 Å². The third kappa shape index (κ3) is 3.26. The van der Waals surface area contributed by atoms with Gasteiger partial charge in [0.2, 0.25) is 0 Å². The SMILES string of the molecule is Cc1noc(C)c1COc1cc(C(C)(C)C)sc1C(=O)O. The zero-order valence-electron chi connectivity index (χ0n) is 12.8. The number of hydrogen-bond acceptors (Lipinski definition) is 5. The summed E-state index contributed by atoms with van der Waals surface area (Å²) in [7, 11) is 0. The van der Waals surface area contributed by atoms with Crippen molar-refractivity contribution in [1.29, 1.82) is 0 Å². The van der Waals surface area contributed by atoms with E-state index in [2.05, 4.69) is 5.16 Å². The smallest absolute Gasteiger partial charge is 0.349 e. The fraction of sp³-hybridized carbons (Fsp3) is 0.467. The first-order chi connectivity index (χ1) is 9.70. The van der Waals surface area contributed by atoms with Crippen molar-refractivity contribution in [3.63, 3.8) is 0 Å². The highest BCUT2D eigenvalue weighted by Crippen LogP contribution is 2.37. The van der Waals surface area contributed by atoms with Crippen molar-refractivity contribution in [2.75, 3.05) is 0 Å². The highest BCUT2D eigenvalue weighted by Gasteiger charge is 2.24. The monoisotopic (exact) mass is 309 g/mol. The van der Waals surface area contributed by atoms with E-state index < -0.39 is 5.97 Å². The molecular formula is C15H19NO4S. The maximum atomic E-state index is 11.4. The lowest BCUT2D eigenvalue weighted by molar-refractivity contribution is 0.0697. The number of ether oxygens (including phenoxy) is 1. The van der Waals surface area contributed by atoms with Crippen molar-refractivity contribution >= 4 is 17.3 Å². The summed E-state index contributed by atoms with van der Waals surface area (Å²) in [6.45, 7) is 10.0. The van der Waals surface area contributed by atoms with Crippen LogP contribution >= 0.6 is 11.3 Å². The molecule has 0 saturated carbocycles. The van der Waals surface area contributed by atoms with Gasteiger partial charge in [-0.2, -0.15) is 0 Å². The van der Waals surface area contributed by atoms with E-state index in [1.54, 1.807) is 0 Å². The Morgan fingerprint density at radius 3 is 2.57 bits per heavy atom. The summed E-state index contributed by atoms with van der Waals surface area (Å²) in [5, 5.41) is 13.2. The normalized spacial score (nSPS) is 11.7. The number of carboxylic acid groups (broad SMARTS) is 1. The Balaban J connectivity index is 2.27. The molecule has 0 saturated heterocycles. The Labute approximate surface area is 127 Å². The molecule has 0 amide bonds. The van der Waals surface area contributed by atoms with Gasteiger partial charge in [-0.3, -0.25) is 0 Å². The van der Waals surface area contributed by atoms with Gasteiger partial charge in [0.15, 0.2) is 4.88 Å². The van der Waals surface area contributed by atoms with Crippen LogP contribution < -0.4 is 4.74 Å². The van der Waals surface area contributed by atoms with Crippen LogP contribution in [0.4, 0.5) is 0 Å². The van der Waals surface area contributed by atoms with E-state index in [0.717, 1.165) is 16.1 Å². The summed E-state index contributed by atoms with van der Waals surface area (Å²) in [6, 6.07) is 1.81. The molecule has 0 radical (unpaired) electrons. The molecule has 2 heterocycles. The quantitative estimate of drug-likeness (QED) is 0.926. The maximum Gasteiger partial charge on any atom is 0.349 e. The van der Waals surface area contributed by atoms with E-state index in [1.807, 2.05) is 40.7 Å². The number of carbonyl (C=O) groups is 1. The van der Waals surface area contributed by atoms with Crippen molar-refractivity contribution < 1.29 is 19.2 Å². The lowest BCUT2D eigenvalue weighted by Gasteiger charge is -2.14. The zero-order valence-corrected chi connectivity index (χ0v) is 13.6. The van der Waals surface area contributed by atoms with Gasteiger partial charge in [-0.05, 0) is 25.3 Å². The van der Waals surface area contributed by atoms with Gasteiger partial charge in [0.05, 0.1) is 11.3 Å². The fourth-order valence-electron chi connectivity index (χ4n) is 1.86. The Kier molecular flexibility index (Phi) is 4.09. The van der Waals surface area contributed by atoms with Crippen molar-refractivity contribution in [2.45, 2.75) is 46.6 Å². The summed E-state index contributed by atoms with van der Waals surface area (Å²) in [5.41, 5.74) is 1.50. The largest absolute Gasteiger partial charge is 0.487 e. The summed E-state index contributed by atoms with van der Waals surface area (Å²) < 4.78 is 10.8. The van der Waals surface area contributed by atoms with Gasteiger partial charge < -0.3 is 14.4 Å². The summed E-state index contributed by atoms with van der Waals surface area (Å²) in [6.07, 6.45) is 0. The third-order valence-corrected chi connectivity index (χ3v) is 4.71. The molecule has 0 aliphatic rings. The molecule has 6 heteroatoms. The second-order valence-corrected chi connectivity index (χ2v) is 7.00. The van der Waals surface area contributed by atoms with Crippen molar-refractivity contribution in [3.05, 3.63) is 32.8 Å². The molecule has 0 atom stereocenters. The molecule has 0 aromatic carbocycles. The molecule has 0 unspecified atom stereocenters. The van der Waals surface area contributed by atoms with E-state index in [4.69, 9.17) is 9.26 Å². The summed E-state index contributed by atoms with van der Waals surface area (Å²) in [4.78, 5) is 12.6. The molecule has 21 heavy (non-hydrogen) atoms. The minimum Gasteiger partial charge on any atom is -0.487 e. The van der Waals surface area contributed by atoms with E-state index in [-0.39, 0.29) is 16.9 Å². The molecule has 0 aliphatic carbocycles. The number of aryl methyl sites for hydroxylation is 2. The van der Waals surface area contributed by atoms with Crippen molar-refractivity contribution in [2.24, 2.45) is 0 Å². The van der Waals surface area contributed by atoms with Crippen molar-refractivity contribution in [3.8, 4) is 5.75 Å². The predicted molar refractivity (Wildman–Crippen MR) is 80.3 cm³/mol. The van der Waals surface area contributed by atoms with Crippen LogP contribution in [-0.2, 0) is 12.0 Å². The van der Waals surface area contributed by atoms with Gasteiger partial charge in [0, 0.05) is 4.88 Å². The number of aromatic nitrogens is 1. The average molecular weight is 309 g/mol.